The van der Waals surface area contributed by atoms with Crippen molar-refractivity contribution in [2.75, 3.05) is 30.9 Å². The number of nitrogens with two attached hydrogens (primary N) is 1. The summed E-state index contributed by atoms with van der Waals surface area (Å²) >= 11 is 0. The number of ether oxygens (including phenoxy) is 4. The van der Waals surface area contributed by atoms with Gasteiger partial charge in [-0.3, -0.25) is 29.1 Å². The van der Waals surface area contributed by atoms with Crippen LogP contribution in [0.15, 0.2) is 9.79 Å². The minimum Gasteiger partial charge on any atom is -0.459 e. The minimum absolute atomic E-state index is 0.0215. The molecule has 0 saturated heterocycles. The molecule has 2 heterocycles. The van der Waals surface area contributed by atoms with E-state index in [1.165, 1.54) is 13.3 Å². The van der Waals surface area contributed by atoms with Crippen LogP contribution in [0.5, 0.6) is 0 Å². The number of aliphatic hydroxyl groups excluding tert-OH is 1. The van der Waals surface area contributed by atoms with Gasteiger partial charge in [-0.25, -0.2) is 9.79 Å². The normalized spacial score (nSPS) is 17.5. The fourth-order valence-electron chi connectivity index (χ4n) is 4.69. The lowest BCUT2D eigenvalue weighted by Crippen LogP contribution is -2.59. The van der Waals surface area contributed by atoms with E-state index in [4.69, 9.17) is 24.7 Å². The standard InChI is InChI=1S/C33H55N7O10/c1-18(47-26(43)19(27(44)48-31(2,3)4)14-13-15-20(34)28(45)49-32(5,6)7)23(41)21-16-35-24-22(40(21)30(46)50-33(8,9)10)25(42)38-29(37-24)36-17-39(11)12/h17-21,23,41H,13-16,34H2,1-12H3,(H2,35,37,38,42). The molecule has 0 bridgehead atoms. The smallest absolute Gasteiger partial charge is 0.415 e. The number of hydrogen-bond acceptors (Lipinski definition) is 14. The van der Waals surface area contributed by atoms with Gasteiger partial charge < -0.3 is 40.0 Å². The average Bonchev–Trinajstić information content (AvgIpc) is 2.94. The monoisotopic (exact) mass is 709 g/mol. The lowest BCUT2D eigenvalue weighted by molar-refractivity contribution is -0.174. The molecule has 0 aromatic carbocycles. The van der Waals surface area contributed by atoms with E-state index >= 15 is 0 Å². The maximum atomic E-state index is 13.6. The molecular formula is C33H55N7O10. The van der Waals surface area contributed by atoms with Crippen LogP contribution >= 0.6 is 0 Å². The third kappa shape index (κ3) is 12.9. The van der Waals surface area contributed by atoms with E-state index in [2.05, 4.69) is 20.3 Å². The minimum atomic E-state index is -1.59. The zero-order valence-electron chi connectivity index (χ0n) is 31.3. The van der Waals surface area contributed by atoms with Crippen LogP contribution < -0.4 is 21.5 Å². The number of hydrogen-bond donors (Lipinski definition) is 4. The molecule has 2 rings (SSSR count). The van der Waals surface area contributed by atoms with Crippen LogP contribution in [0.3, 0.4) is 0 Å². The molecule has 0 fully saturated rings. The average molecular weight is 710 g/mol. The summed E-state index contributed by atoms with van der Waals surface area (Å²) in [5.74, 6) is -3.89. The fourth-order valence-corrected chi connectivity index (χ4v) is 4.69. The maximum absolute atomic E-state index is 13.6. The van der Waals surface area contributed by atoms with Gasteiger partial charge in [0.1, 0.15) is 35.1 Å². The Hall–Kier alpha value is -4.25. The first kappa shape index (κ1) is 41.9. The molecule has 0 spiro atoms. The highest BCUT2D eigenvalue weighted by Crippen LogP contribution is 2.31. The SMILES string of the molecule is CC(OC(=O)C(CCCC(N)C(=O)OC(C)(C)C)C(=O)OC(C)(C)C)C(O)C1CNc2nc(N=CN(C)C)[nH]c(=O)c2N1C(=O)OC(C)(C)C. The Morgan fingerprint density at radius 3 is 2.08 bits per heavy atom. The predicted molar refractivity (Wildman–Crippen MR) is 186 cm³/mol. The van der Waals surface area contributed by atoms with Crippen molar-refractivity contribution in [3.05, 3.63) is 10.4 Å². The number of aromatic amines is 1. The van der Waals surface area contributed by atoms with Gasteiger partial charge >= 0.3 is 24.0 Å². The molecule has 17 heteroatoms. The number of aliphatic imine (C=N–C) groups is 1. The quantitative estimate of drug-likeness (QED) is 0.0804. The van der Waals surface area contributed by atoms with E-state index in [9.17, 15) is 29.1 Å². The number of aromatic nitrogens is 2. The van der Waals surface area contributed by atoms with E-state index in [0.29, 0.717) is 0 Å². The Labute approximate surface area is 293 Å². The zero-order chi connectivity index (χ0) is 38.4. The van der Waals surface area contributed by atoms with E-state index in [1.54, 1.807) is 81.3 Å². The van der Waals surface area contributed by atoms with Gasteiger partial charge in [0, 0.05) is 20.6 Å². The first-order valence-corrected chi connectivity index (χ1v) is 16.5. The van der Waals surface area contributed by atoms with Crippen molar-refractivity contribution in [3.63, 3.8) is 0 Å². The van der Waals surface area contributed by atoms with Gasteiger partial charge in [-0.15, -0.1) is 0 Å². The van der Waals surface area contributed by atoms with Gasteiger partial charge in [-0.2, -0.15) is 4.98 Å². The molecule has 282 valence electrons. The highest BCUT2D eigenvalue weighted by molar-refractivity contribution is 5.95. The van der Waals surface area contributed by atoms with Crippen LogP contribution in [0.25, 0.3) is 0 Å². The number of carbonyl (C=O) groups excluding carboxylic acids is 4. The van der Waals surface area contributed by atoms with E-state index in [-0.39, 0.29) is 43.3 Å². The van der Waals surface area contributed by atoms with E-state index in [0.717, 1.165) is 4.90 Å². The highest BCUT2D eigenvalue weighted by Gasteiger charge is 2.44. The number of aliphatic hydroxyl groups is 1. The molecule has 50 heavy (non-hydrogen) atoms. The van der Waals surface area contributed by atoms with Gasteiger partial charge in [-0.05, 0) is 88.5 Å². The van der Waals surface area contributed by atoms with Crippen molar-refractivity contribution in [3.8, 4) is 0 Å². The second-order valence-corrected chi connectivity index (χ2v) is 15.4. The third-order valence-corrected chi connectivity index (χ3v) is 6.81. The number of nitrogens with zero attached hydrogens (tertiary/aromatic N) is 4. The first-order valence-electron chi connectivity index (χ1n) is 16.5. The molecule has 5 unspecified atom stereocenters. The second kappa shape index (κ2) is 16.6. The second-order valence-electron chi connectivity index (χ2n) is 15.4. The van der Waals surface area contributed by atoms with Crippen molar-refractivity contribution >= 4 is 47.8 Å². The summed E-state index contributed by atoms with van der Waals surface area (Å²) in [6.45, 7) is 16.3. The molecule has 1 amide bonds. The molecular weight excluding hydrogens is 654 g/mol. The highest BCUT2D eigenvalue weighted by atomic mass is 16.6. The molecule has 1 aromatic heterocycles. The molecule has 1 aliphatic heterocycles. The Bertz CT molecular complexity index is 1460. The zero-order valence-corrected chi connectivity index (χ0v) is 31.3. The fraction of sp³-hybridized carbons (Fsp3) is 0.727. The summed E-state index contributed by atoms with van der Waals surface area (Å²) in [5.41, 5.74) is 2.38. The molecule has 5 atom stereocenters. The topological polar surface area (TPSA) is 228 Å². The maximum Gasteiger partial charge on any atom is 0.415 e. The van der Waals surface area contributed by atoms with Crippen molar-refractivity contribution in [1.29, 1.82) is 0 Å². The number of amides is 1. The summed E-state index contributed by atoms with van der Waals surface area (Å²) < 4.78 is 22.0. The molecule has 5 N–H and O–H groups in total. The van der Waals surface area contributed by atoms with Gasteiger partial charge in [0.05, 0.1) is 12.4 Å². The number of carbonyl (C=O) groups is 4. The number of anilines is 2. The molecule has 1 aliphatic rings. The van der Waals surface area contributed by atoms with Crippen LogP contribution in [-0.2, 0) is 33.3 Å². The Balaban J connectivity index is 2.35. The summed E-state index contributed by atoms with van der Waals surface area (Å²) in [4.78, 5) is 79.4. The number of rotatable bonds is 12. The number of H-pyrrole nitrogens is 1. The van der Waals surface area contributed by atoms with Crippen molar-refractivity contribution < 1.29 is 43.2 Å². The van der Waals surface area contributed by atoms with Crippen LogP contribution in [-0.4, -0.2) is 112 Å². The van der Waals surface area contributed by atoms with E-state index < -0.39 is 76.6 Å². The Kier molecular flexibility index (Phi) is 13.9. The molecule has 0 radical (unpaired) electrons. The van der Waals surface area contributed by atoms with Gasteiger partial charge in [0.2, 0.25) is 5.95 Å². The number of fused-ring (bicyclic) bond motifs is 1. The summed E-state index contributed by atoms with van der Waals surface area (Å²) in [6.07, 6.45) is -2.20. The summed E-state index contributed by atoms with van der Waals surface area (Å²) in [6, 6.07) is -2.18. The third-order valence-electron chi connectivity index (χ3n) is 6.81. The van der Waals surface area contributed by atoms with Crippen LogP contribution in [0.4, 0.5) is 22.2 Å². The lowest BCUT2D eigenvalue weighted by atomic mass is 9.98. The van der Waals surface area contributed by atoms with Crippen LogP contribution in [0, 0.1) is 5.92 Å². The Morgan fingerprint density at radius 2 is 1.54 bits per heavy atom. The largest absolute Gasteiger partial charge is 0.459 e. The summed E-state index contributed by atoms with van der Waals surface area (Å²) in [7, 11) is 3.47. The molecule has 0 aliphatic carbocycles. The van der Waals surface area contributed by atoms with Gasteiger partial charge in [0.15, 0.2) is 17.4 Å². The molecule has 1 aromatic rings. The number of esters is 3. The predicted octanol–water partition coefficient (Wildman–Crippen LogP) is 2.62. The van der Waals surface area contributed by atoms with Crippen molar-refractivity contribution in [2.24, 2.45) is 16.6 Å². The van der Waals surface area contributed by atoms with Crippen LogP contribution in [0.2, 0.25) is 0 Å². The van der Waals surface area contributed by atoms with Crippen LogP contribution in [0.1, 0.15) is 88.5 Å². The number of nitrogens with one attached hydrogen (secondary N) is 2. The van der Waals surface area contributed by atoms with Gasteiger partial charge in [0.25, 0.3) is 5.56 Å². The van der Waals surface area contributed by atoms with Crippen molar-refractivity contribution in [1.82, 2.24) is 14.9 Å². The van der Waals surface area contributed by atoms with Gasteiger partial charge in [-0.1, -0.05) is 0 Å². The first-order chi connectivity index (χ1) is 22.8. The lowest BCUT2D eigenvalue weighted by Gasteiger charge is -2.40. The summed E-state index contributed by atoms with van der Waals surface area (Å²) in [5, 5.41) is 14.5. The Morgan fingerprint density at radius 1 is 0.980 bits per heavy atom. The molecule has 0 saturated carbocycles. The molecule has 17 nitrogen and oxygen atoms in total. The van der Waals surface area contributed by atoms with E-state index in [1.807, 2.05) is 0 Å². The van der Waals surface area contributed by atoms with Crippen molar-refractivity contribution in [2.45, 2.75) is 130 Å².